The summed E-state index contributed by atoms with van der Waals surface area (Å²) in [4.78, 5) is 11.2. The molecule has 0 heterocycles. The van der Waals surface area contributed by atoms with Gasteiger partial charge in [-0.25, -0.2) is 4.79 Å². The Morgan fingerprint density at radius 1 is 1.35 bits per heavy atom. The molecule has 0 N–H and O–H groups in total. The molecular weight excluding hydrogens is 212 g/mol. The van der Waals surface area contributed by atoms with Crippen LogP contribution in [0, 0.1) is 11.3 Å². The monoisotopic (exact) mass is 238 g/mol. The number of hydrogen-bond donors (Lipinski definition) is 0. The van der Waals surface area contributed by atoms with Gasteiger partial charge in [-0.05, 0) is 31.1 Å². The summed E-state index contributed by atoms with van der Waals surface area (Å²) in [6.07, 6.45) is 6.40. The van der Waals surface area contributed by atoms with Crippen LogP contribution in [-0.4, -0.2) is 12.6 Å². The van der Waals surface area contributed by atoms with Crippen LogP contribution in [0.4, 0.5) is 0 Å². The van der Waals surface area contributed by atoms with Crippen LogP contribution in [0.15, 0.2) is 24.3 Å². The van der Waals surface area contributed by atoms with E-state index in [4.69, 9.17) is 4.74 Å². The van der Waals surface area contributed by atoms with Gasteiger partial charge in [0.1, 0.15) is 0 Å². The van der Waals surface area contributed by atoms with Crippen molar-refractivity contribution in [3.8, 4) is 0 Å². The van der Waals surface area contributed by atoms with E-state index in [-0.39, 0.29) is 5.97 Å². The Kier molecular flexibility index (Phi) is 6.86. The first-order valence-electron chi connectivity index (χ1n) is 6.20. The van der Waals surface area contributed by atoms with Gasteiger partial charge < -0.3 is 4.74 Å². The van der Waals surface area contributed by atoms with Crippen LogP contribution in [0.5, 0.6) is 0 Å². The first-order valence-corrected chi connectivity index (χ1v) is 6.20. The lowest BCUT2D eigenvalue weighted by Gasteiger charge is -2.15. The highest BCUT2D eigenvalue weighted by atomic mass is 16.5. The van der Waals surface area contributed by atoms with E-state index >= 15 is 0 Å². The number of hydrogen-bond acceptors (Lipinski definition) is 2. The average Bonchev–Trinajstić information content (AvgIpc) is 2.19. The second-order valence-electron chi connectivity index (χ2n) is 5.96. The van der Waals surface area contributed by atoms with Gasteiger partial charge in [0, 0.05) is 5.57 Å². The summed E-state index contributed by atoms with van der Waals surface area (Å²) in [5, 5.41) is 0. The molecule has 1 atom stereocenters. The van der Waals surface area contributed by atoms with Gasteiger partial charge in [0.25, 0.3) is 0 Å². The van der Waals surface area contributed by atoms with Crippen LogP contribution in [0.3, 0.4) is 0 Å². The van der Waals surface area contributed by atoms with Gasteiger partial charge in [-0.2, -0.15) is 0 Å². The largest absolute Gasteiger partial charge is 0.462 e. The van der Waals surface area contributed by atoms with Crippen molar-refractivity contribution in [1.82, 2.24) is 0 Å². The first-order chi connectivity index (χ1) is 7.72. The minimum atomic E-state index is -0.296. The van der Waals surface area contributed by atoms with Gasteiger partial charge in [0.2, 0.25) is 0 Å². The molecule has 0 aliphatic rings. The first kappa shape index (κ1) is 16.0. The quantitative estimate of drug-likeness (QED) is 0.395. The fourth-order valence-electron chi connectivity index (χ4n) is 1.17. The molecule has 0 unspecified atom stereocenters. The van der Waals surface area contributed by atoms with Gasteiger partial charge in [-0.3, -0.25) is 0 Å². The summed E-state index contributed by atoms with van der Waals surface area (Å²) >= 11 is 0. The Morgan fingerprint density at radius 3 is 2.41 bits per heavy atom. The molecule has 2 heteroatoms. The molecule has 0 aromatic rings. The van der Waals surface area contributed by atoms with Crippen molar-refractivity contribution in [2.75, 3.05) is 6.61 Å². The zero-order valence-corrected chi connectivity index (χ0v) is 11.9. The van der Waals surface area contributed by atoms with Crippen molar-refractivity contribution in [3.63, 3.8) is 0 Å². The highest BCUT2D eigenvalue weighted by Gasteiger charge is 2.08. The van der Waals surface area contributed by atoms with Crippen LogP contribution >= 0.6 is 0 Å². The lowest BCUT2D eigenvalue weighted by molar-refractivity contribution is -0.140. The van der Waals surface area contributed by atoms with Crippen LogP contribution in [0.25, 0.3) is 0 Å². The number of carbonyl (C=O) groups is 1. The SMILES string of the molecule is C=C(C)C(=O)OC[C@@H](C)C/C=C/CC(C)(C)C. The third-order valence-corrected chi connectivity index (χ3v) is 2.28. The summed E-state index contributed by atoms with van der Waals surface area (Å²) in [5.41, 5.74) is 0.798. The highest BCUT2D eigenvalue weighted by molar-refractivity contribution is 5.86. The van der Waals surface area contributed by atoms with Crippen LogP contribution in [0.1, 0.15) is 47.5 Å². The van der Waals surface area contributed by atoms with Crippen molar-refractivity contribution >= 4 is 5.97 Å². The normalized spacial score (nSPS) is 13.7. The van der Waals surface area contributed by atoms with Crippen molar-refractivity contribution in [3.05, 3.63) is 24.3 Å². The molecule has 2 nitrogen and oxygen atoms in total. The topological polar surface area (TPSA) is 26.3 Å². The van der Waals surface area contributed by atoms with Gasteiger partial charge in [0.05, 0.1) is 6.61 Å². The Morgan fingerprint density at radius 2 is 1.94 bits per heavy atom. The molecule has 0 spiro atoms. The molecule has 0 aliphatic heterocycles. The predicted molar refractivity (Wildman–Crippen MR) is 72.8 cm³/mol. The number of esters is 1. The summed E-state index contributed by atoms with van der Waals surface area (Å²) in [5.74, 6) is 0.0602. The van der Waals surface area contributed by atoms with E-state index in [0.717, 1.165) is 12.8 Å². The molecule has 0 aliphatic carbocycles. The van der Waals surface area contributed by atoms with Crippen molar-refractivity contribution in [2.24, 2.45) is 11.3 Å². The molecule has 0 radical (unpaired) electrons. The molecule has 0 saturated carbocycles. The molecule has 0 aromatic heterocycles. The number of rotatable bonds is 6. The molecule has 98 valence electrons. The molecule has 0 amide bonds. The van der Waals surface area contributed by atoms with Crippen molar-refractivity contribution < 1.29 is 9.53 Å². The minimum absolute atomic E-state index is 0.296. The van der Waals surface area contributed by atoms with E-state index in [0.29, 0.717) is 23.5 Å². The molecule has 0 bridgehead atoms. The lowest BCUT2D eigenvalue weighted by atomic mass is 9.92. The van der Waals surface area contributed by atoms with E-state index in [1.807, 2.05) is 0 Å². The fraction of sp³-hybridized carbons (Fsp3) is 0.667. The van der Waals surface area contributed by atoms with Crippen LogP contribution in [0.2, 0.25) is 0 Å². The Hall–Kier alpha value is -1.05. The Balaban J connectivity index is 3.77. The molecule has 0 saturated heterocycles. The van der Waals surface area contributed by atoms with E-state index in [1.54, 1.807) is 6.92 Å². The van der Waals surface area contributed by atoms with Gasteiger partial charge in [-0.15, -0.1) is 0 Å². The maximum Gasteiger partial charge on any atom is 0.333 e. The molecule has 17 heavy (non-hydrogen) atoms. The molecule has 0 fully saturated rings. The van der Waals surface area contributed by atoms with Gasteiger partial charge in [0.15, 0.2) is 0 Å². The summed E-state index contributed by atoms with van der Waals surface area (Å²) < 4.78 is 5.09. The third-order valence-electron chi connectivity index (χ3n) is 2.28. The summed E-state index contributed by atoms with van der Waals surface area (Å²) in [7, 11) is 0. The summed E-state index contributed by atoms with van der Waals surface area (Å²) in [6.45, 7) is 14.4. The Labute approximate surface area is 106 Å². The third kappa shape index (κ3) is 9.86. The van der Waals surface area contributed by atoms with Gasteiger partial charge in [-0.1, -0.05) is 46.4 Å². The minimum Gasteiger partial charge on any atom is -0.462 e. The molecule has 0 rings (SSSR count). The van der Waals surface area contributed by atoms with Crippen molar-refractivity contribution in [1.29, 1.82) is 0 Å². The smallest absolute Gasteiger partial charge is 0.333 e. The fourth-order valence-corrected chi connectivity index (χ4v) is 1.17. The number of ether oxygens (including phenoxy) is 1. The predicted octanol–water partition coefficient (Wildman–Crippen LogP) is 4.12. The molecule has 0 aromatic carbocycles. The second kappa shape index (κ2) is 7.31. The maximum atomic E-state index is 11.2. The zero-order chi connectivity index (χ0) is 13.5. The summed E-state index contributed by atoms with van der Waals surface area (Å²) in [6, 6.07) is 0. The standard InChI is InChI=1S/C15H26O2/c1-12(2)14(16)17-11-13(3)9-7-8-10-15(4,5)6/h7-8,13H,1,9-11H2,2-6H3/b8-7+/t13-/m0/s1. The van der Waals surface area contributed by atoms with Crippen molar-refractivity contribution in [2.45, 2.75) is 47.5 Å². The zero-order valence-electron chi connectivity index (χ0n) is 11.9. The van der Waals surface area contributed by atoms with E-state index in [1.165, 1.54) is 0 Å². The van der Waals surface area contributed by atoms with Gasteiger partial charge >= 0.3 is 5.97 Å². The lowest BCUT2D eigenvalue weighted by Crippen LogP contribution is -2.11. The second-order valence-corrected chi connectivity index (χ2v) is 5.96. The highest BCUT2D eigenvalue weighted by Crippen LogP contribution is 2.19. The van der Waals surface area contributed by atoms with E-state index in [2.05, 4.69) is 46.4 Å². The molecular formula is C15H26O2. The Bertz CT molecular complexity index is 282. The van der Waals surface area contributed by atoms with E-state index in [9.17, 15) is 4.79 Å². The number of allylic oxidation sites excluding steroid dienone is 2. The number of carbonyl (C=O) groups excluding carboxylic acids is 1. The van der Waals surface area contributed by atoms with Crippen LogP contribution < -0.4 is 0 Å². The van der Waals surface area contributed by atoms with E-state index < -0.39 is 0 Å². The maximum absolute atomic E-state index is 11.2. The van der Waals surface area contributed by atoms with Crippen LogP contribution in [-0.2, 0) is 9.53 Å². The average molecular weight is 238 g/mol.